The summed E-state index contributed by atoms with van der Waals surface area (Å²) < 4.78 is 0. The second-order valence-corrected chi connectivity index (χ2v) is 6.56. The summed E-state index contributed by atoms with van der Waals surface area (Å²) in [7, 11) is 0. The summed E-state index contributed by atoms with van der Waals surface area (Å²) in [5, 5.41) is 3.49. The average molecular weight is 338 g/mol. The van der Waals surface area contributed by atoms with Gasteiger partial charge in [0.15, 0.2) is 0 Å². The quantitative estimate of drug-likeness (QED) is 0.910. The zero-order valence-corrected chi connectivity index (χ0v) is 14.6. The van der Waals surface area contributed by atoms with E-state index in [9.17, 15) is 4.79 Å². The van der Waals surface area contributed by atoms with Crippen LogP contribution in [-0.4, -0.2) is 61.5 Å². The van der Waals surface area contributed by atoms with Crippen molar-refractivity contribution in [3.63, 3.8) is 0 Å². The monoisotopic (exact) mass is 337 g/mol. The van der Waals surface area contributed by atoms with E-state index in [1.54, 1.807) is 0 Å². The van der Waals surface area contributed by atoms with Gasteiger partial charge in [0.25, 0.3) is 0 Å². The van der Waals surface area contributed by atoms with E-state index >= 15 is 0 Å². The van der Waals surface area contributed by atoms with E-state index in [2.05, 4.69) is 10.2 Å². The lowest BCUT2D eigenvalue weighted by Crippen LogP contribution is -2.51. The zero-order valence-electron chi connectivity index (χ0n) is 13.7. The lowest BCUT2D eigenvalue weighted by molar-refractivity contribution is -0.132. The molecule has 4 nitrogen and oxygen atoms in total. The van der Waals surface area contributed by atoms with Crippen molar-refractivity contribution in [1.82, 2.24) is 15.1 Å². The fourth-order valence-electron chi connectivity index (χ4n) is 3.51. The van der Waals surface area contributed by atoms with Crippen LogP contribution in [0.25, 0.3) is 0 Å². The number of nitrogens with one attached hydrogen (secondary N) is 1. The number of nitrogens with zero attached hydrogens (tertiary/aromatic N) is 2. The number of carbonyl (C=O) groups is 1. The van der Waals surface area contributed by atoms with E-state index in [-0.39, 0.29) is 18.3 Å². The van der Waals surface area contributed by atoms with E-state index in [1.807, 2.05) is 35.2 Å². The number of piperidine rings is 1. The van der Waals surface area contributed by atoms with Crippen molar-refractivity contribution in [2.45, 2.75) is 19.3 Å². The molecular weight excluding hydrogens is 310 g/mol. The van der Waals surface area contributed by atoms with Crippen LogP contribution in [0, 0.1) is 5.92 Å². The lowest BCUT2D eigenvalue weighted by Gasteiger charge is -2.37. The number of hydrogen-bond acceptors (Lipinski definition) is 3. The Bertz CT molecular complexity index is 468. The first kappa shape index (κ1) is 18.2. The van der Waals surface area contributed by atoms with Crippen LogP contribution in [0.1, 0.15) is 18.4 Å². The van der Waals surface area contributed by atoms with Crippen LogP contribution in [0.3, 0.4) is 0 Å². The van der Waals surface area contributed by atoms with Gasteiger partial charge in [0.2, 0.25) is 5.91 Å². The normalized spacial score (nSPS) is 22.4. The third kappa shape index (κ3) is 5.48. The standard InChI is InChI=1S/C18H27N3O.ClH/c22-18(13-16-5-2-1-3-6-16)21-11-9-20(10-12-21)15-17-7-4-8-19-14-17;/h1-3,5-6,17,19H,4,7-15H2;1H. The van der Waals surface area contributed by atoms with Gasteiger partial charge in [0.05, 0.1) is 6.42 Å². The fraction of sp³-hybridized carbons (Fsp3) is 0.611. The van der Waals surface area contributed by atoms with Crippen LogP contribution in [0.4, 0.5) is 0 Å². The molecule has 0 aliphatic carbocycles. The summed E-state index contributed by atoms with van der Waals surface area (Å²) in [4.78, 5) is 16.9. The molecule has 3 rings (SSSR count). The molecule has 1 atom stereocenters. The van der Waals surface area contributed by atoms with Crippen molar-refractivity contribution in [1.29, 1.82) is 0 Å². The van der Waals surface area contributed by atoms with Crippen LogP contribution in [0.15, 0.2) is 30.3 Å². The zero-order chi connectivity index (χ0) is 15.2. The molecule has 1 N–H and O–H groups in total. The SMILES string of the molecule is Cl.O=C(Cc1ccccc1)N1CCN(CC2CCCNC2)CC1. The Morgan fingerprint density at radius 2 is 1.87 bits per heavy atom. The largest absolute Gasteiger partial charge is 0.340 e. The summed E-state index contributed by atoms with van der Waals surface area (Å²) in [5.74, 6) is 1.06. The molecule has 1 aromatic carbocycles. The Balaban J connectivity index is 0.00000192. The maximum atomic E-state index is 12.4. The Kier molecular flexibility index (Phi) is 7.34. The maximum Gasteiger partial charge on any atom is 0.227 e. The topological polar surface area (TPSA) is 35.6 Å². The highest BCUT2D eigenvalue weighted by molar-refractivity contribution is 5.85. The molecule has 128 valence electrons. The Hall–Kier alpha value is -1.10. The summed E-state index contributed by atoms with van der Waals surface area (Å²) in [6, 6.07) is 10.1. The van der Waals surface area contributed by atoms with E-state index in [4.69, 9.17) is 0 Å². The first-order chi connectivity index (χ1) is 10.8. The molecule has 2 aliphatic rings. The van der Waals surface area contributed by atoms with Crippen LogP contribution < -0.4 is 5.32 Å². The van der Waals surface area contributed by atoms with Crippen LogP contribution in [-0.2, 0) is 11.2 Å². The predicted octanol–water partition coefficient (Wildman–Crippen LogP) is 1.79. The minimum atomic E-state index is 0. The molecule has 1 unspecified atom stereocenters. The molecule has 2 fully saturated rings. The number of rotatable bonds is 4. The van der Waals surface area contributed by atoms with Crippen LogP contribution in [0.5, 0.6) is 0 Å². The predicted molar refractivity (Wildman–Crippen MR) is 96.0 cm³/mol. The van der Waals surface area contributed by atoms with Gasteiger partial charge in [-0.15, -0.1) is 12.4 Å². The average Bonchev–Trinajstić information content (AvgIpc) is 2.57. The Morgan fingerprint density at radius 3 is 2.52 bits per heavy atom. The summed E-state index contributed by atoms with van der Waals surface area (Å²) >= 11 is 0. The number of carbonyl (C=O) groups excluding carboxylic acids is 1. The van der Waals surface area contributed by atoms with Gasteiger partial charge in [-0.05, 0) is 37.4 Å². The molecule has 0 saturated carbocycles. The molecule has 1 aromatic rings. The summed E-state index contributed by atoms with van der Waals surface area (Å²) in [6.45, 7) is 7.34. The summed E-state index contributed by atoms with van der Waals surface area (Å²) in [6.07, 6.45) is 3.19. The molecule has 0 radical (unpaired) electrons. The van der Waals surface area contributed by atoms with Gasteiger partial charge in [-0.2, -0.15) is 0 Å². The van der Waals surface area contributed by atoms with E-state index < -0.39 is 0 Å². The minimum absolute atomic E-state index is 0. The van der Waals surface area contributed by atoms with Gasteiger partial charge < -0.3 is 10.2 Å². The lowest BCUT2D eigenvalue weighted by atomic mass is 9.99. The first-order valence-electron chi connectivity index (χ1n) is 8.56. The number of hydrogen-bond donors (Lipinski definition) is 1. The Labute approximate surface area is 145 Å². The van der Waals surface area contributed by atoms with Crippen molar-refractivity contribution >= 4 is 18.3 Å². The molecule has 1 amide bonds. The Morgan fingerprint density at radius 1 is 1.13 bits per heavy atom. The number of amides is 1. The van der Waals surface area contributed by atoms with E-state index in [0.717, 1.165) is 44.2 Å². The summed E-state index contributed by atoms with van der Waals surface area (Å²) in [5.41, 5.74) is 1.11. The van der Waals surface area contributed by atoms with Gasteiger partial charge in [-0.3, -0.25) is 9.69 Å². The van der Waals surface area contributed by atoms with Crippen molar-refractivity contribution in [2.75, 3.05) is 45.8 Å². The first-order valence-corrected chi connectivity index (χ1v) is 8.56. The molecule has 2 saturated heterocycles. The fourth-order valence-corrected chi connectivity index (χ4v) is 3.51. The molecular formula is C18H28ClN3O. The number of piperazine rings is 1. The molecule has 0 aromatic heterocycles. The maximum absolute atomic E-state index is 12.4. The van der Waals surface area contributed by atoms with Crippen LogP contribution in [0.2, 0.25) is 0 Å². The second-order valence-electron chi connectivity index (χ2n) is 6.56. The van der Waals surface area contributed by atoms with Gasteiger partial charge in [-0.25, -0.2) is 0 Å². The van der Waals surface area contributed by atoms with Crippen molar-refractivity contribution in [3.05, 3.63) is 35.9 Å². The molecule has 0 spiro atoms. The number of benzene rings is 1. The smallest absolute Gasteiger partial charge is 0.227 e. The molecule has 2 heterocycles. The molecule has 5 heteroatoms. The van der Waals surface area contributed by atoms with Gasteiger partial charge in [0, 0.05) is 32.7 Å². The highest BCUT2D eigenvalue weighted by Gasteiger charge is 2.23. The highest BCUT2D eigenvalue weighted by Crippen LogP contribution is 2.14. The highest BCUT2D eigenvalue weighted by atomic mass is 35.5. The third-order valence-corrected chi connectivity index (χ3v) is 4.84. The molecule has 23 heavy (non-hydrogen) atoms. The molecule has 2 aliphatic heterocycles. The third-order valence-electron chi connectivity index (χ3n) is 4.84. The molecule has 0 bridgehead atoms. The minimum Gasteiger partial charge on any atom is -0.340 e. The van der Waals surface area contributed by atoms with Gasteiger partial charge in [-0.1, -0.05) is 30.3 Å². The van der Waals surface area contributed by atoms with Crippen molar-refractivity contribution in [3.8, 4) is 0 Å². The van der Waals surface area contributed by atoms with Gasteiger partial charge >= 0.3 is 0 Å². The van der Waals surface area contributed by atoms with Crippen LogP contribution >= 0.6 is 12.4 Å². The van der Waals surface area contributed by atoms with E-state index in [0.29, 0.717) is 6.42 Å². The number of halogens is 1. The van der Waals surface area contributed by atoms with E-state index in [1.165, 1.54) is 25.9 Å². The van der Waals surface area contributed by atoms with Crippen molar-refractivity contribution < 1.29 is 4.79 Å². The van der Waals surface area contributed by atoms with Gasteiger partial charge in [0.1, 0.15) is 0 Å². The second kappa shape index (κ2) is 9.26. The van der Waals surface area contributed by atoms with Crippen molar-refractivity contribution in [2.24, 2.45) is 5.92 Å².